The van der Waals surface area contributed by atoms with Crippen LogP contribution in [0.4, 0.5) is 0 Å². The van der Waals surface area contributed by atoms with Crippen molar-refractivity contribution in [2.24, 2.45) is 0 Å². The van der Waals surface area contributed by atoms with Crippen LogP contribution in [0.2, 0.25) is 0 Å². The van der Waals surface area contributed by atoms with Gasteiger partial charge in [0.05, 0.1) is 6.04 Å². The van der Waals surface area contributed by atoms with Crippen LogP contribution >= 0.6 is 0 Å². The molecule has 1 amide bonds. The number of benzene rings is 1. The molecule has 3 rings (SSSR count). The van der Waals surface area contributed by atoms with Crippen molar-refractivity contribution >= 4 is 5.91 Å². The number of aromatic amines is 1. The van der Waals surface area contributed by atoms with Gasteiger partial charge < -0.3 is 5.32 Å². The largest absolute Gasteiger partial charge is 0.344 e. The zero-order chi connectivity index (χ0) is 15.4. The third-order valence-corrected chi connectivity index (χ3v) is 3.49. The summed E-state index contributed by atoms with van der Waals surface area (Å²) < 4.78 is 0. The van der Waals surface area contributed by atoms with Gasteiger partial charge in [-0.15, -0.1) is 0 Å². The van der Waals surface area contributed by atoms with Crippen molar-refractivity contribution in [2.75, 3.05) is 0 Å². The number of nitrogens with zero attached hydrogens (tertiary/aromatic N) is 2. The van der Waals surface area contributed by atoms with Crippen molar-refractivity contribution in [1.29, 1.82) is 0 Å². The lowest BCUT2D eigenvalue weighted by Crippen LogP contribution is -2.27. The maximum absolute atomic E-state index is 12.5. The summed E-state index contributed by atoms with van der Waals surface area (Å²) in [7, 11) is 0. The standard InChI is InChI=1S/C17H16N4O/c1-12(13-5-3-2-4-6-13)20-17(22)16-15(11-19-21-16)14-7-9-18-10-8-14/h2-12H,1H3,(H,19,21)(H,20,22). The molecule has 22 heavy (non-hydrogen) atoms. The van der Waals surface area contributed by atoms with E-state index in [2.05, 4.69) is 20.5 Å². The summed E-state index contributed by atoms with van der Waals surface area (Å²) in [5.74, 6) is -0.204. The lowest BCUT2D eigenvalue weighted by Gasteiger charge is -2.13. The van der Waals surface area contributed by atoms with Gasteiger partial charge in [-0.1, -0.05) is 30.3 Å². The van der Waals surface area contributed by atoms with E-state index in [0.29, 0.717) is 5.69 Å². The van der Waals surface area contributed by atoms with Gasteiger partial charge in [-0.25, -0.2) is 0 Å². The monoisotopic (exact) mass is 292 g/mol. The number of nitrogens with one attached hydrogen (secondary N) is 2. The lowest BCUT2D eigenvalue weighted by molar-refractivity contribution is 0.0935. The van der Waals surface area contributed by atoms with Crippen LogP contribution in [-0.2, 0) is 0 Å². The summed E-state index contributed by atoms with van der Waals surface area (Å²) in [6.45, 7) is 1.95. The zero-order valence-electron chi connectivity index (χ0n) is 12.2. The highest BCUT2D eigenvalue weighted by Gasteiger charge is 2.18. The molecule has 0 aliphatic rings. The quantitative estimate of drug-likeness (QED) is 0.776. The van der Waals surface area contributed by atoms with E-state index in [1.54, 1.807) is 18.6 Å². The molecule has 0 fully saturated rings. The molecule has 1 aromatic carbocycles. The first-order chi connectivity index (χ1) is 10.8. The smallest absolute Gasteiger partial charge is 0.272 e. The molecule has 5 nitrogen and oxygen atoms in total. The van der Waals surface area contributed by atoms with Gasteiger partial charge in [0.1, 0.15) is 0 Å². The van der Waals surface area contributed by atoms with Crippen molar-refractivity contribution in [2.45, 2.75) is 13.0 Å². The molecule has 2 N–H and O–H groups in total. The topological polar surface area (TPSA) is 70.7 Å². The van der Waals surface area contributed by atoms with E-state index in [4.69, 9.17) is 0 Å². The molecule has 0 aliphatic carbocycles. The first-order valence-corrected chi connectivity index (χ1v) is 7.05. The number of rotatable bonds is 4. The SMILES string of the molecule is CC(NC(=O)c1n[nH]cc1-c1ccncc1)c1ccccc1. The number of hydrogen-bond acceptors (Lipinski definition) is 3. The molecule has 1 unspecified atom stereocenters. The Hall–Kier alpha value is -2.95. The fourth-order valence-electron chi connectivity index (χ4n) is 2.30. The number of aromatic nitrogens is 3. The molecule has 2 aromatic heterocycles. The lowest BCUT2D eigenvalue weighted by atomic mass is 10.1. The average molecular weight is 292 g/mol. The van der Waals surface area contributed by atoms with Crippen LogP contribution in [0.3, 0.4) is 0 Å². The van der Waals surface area contributed by atoms with Crippen LogP contribution < -0.4 is 5.32 Å². The van der Waals surface area contributed by atoms with E-state index < -0.39 is 0 Å². The van der Waals surface area contributed by atoms with Crippen LogP contribution in [-0.4, -0.2) is 21.1 Å². The Morgan fingerprint density at radius 1 is 1.14 bits per heavy atom. The number of pyridine rings is 1. The molecule has 5 heteroatoms. The molecule has 0 saturated heterocycles. The number of hydrogen-bond donors (Lipinski definition) is 2. The molecule has 2 heterocycles. The Morgan fingerprint density at radius 3 is 2.59 bits per heavy atom. The number of carbonyl (C=O) groups excluding carboxylic acids is 1. The Kier molecular flexibility index (Phi) is 3.96. The van der Waals surface area contributed by atoms with Gasteiger partial charge in [0.2, 0.25) is 0 Å². The molecule has 1 atom stereocenters. The average Bonchev–Trinajstić information content (AvgIpc) is 3.06. The summed E-state index contributed by atoms with van der Waals surface area (Å²) in [6.07, 6.45) is 5.10. The summed E-state index contributed by atoms with van der Waals surface area (Å²) in [4.78, 5) is 16.5. The fourth-order valence-corrected chi connectivity index (χ4v) is 2.30. The van der Waals surface area contributed by atoms with Gasteiger partial charge in [-0.3, -0.25) is 14.9 Å². The third kappa shape index (κ3) is 2.88. The first kappa shape index (κ1) is 14.0. The minimum absolute atomic E-state index is 0.0873. The van der Waals surface area contributed by atoms with Crippen LogP contribution in [0.1, 0.15) is 29.0 Å². The van der Waals surface area contributed by atoms with E-state index in [0.717, 1.165) is 16.7 Å². The molecule has 0 bridgehead atoms. The number of H-pyrrole nitrogens is 1. The Balaban J connectivity index is 1.81. The predicted octanol–water partition coefficient (Wildman–Crippen LogP) is 2.96. The van der Waals surface area contributed by atoms with Crippen LogP contribution in [0.25, 0.3) is 11.1 Å². The fraction of sp³-hybridized carbons (Fsp3) is 0.118. The van der Waals surface area contributed by atoms with Gasteiger partial charge >= 0.3 is 0 Å². The maximum Gasteiger partial charge on any atom is 0.272 e. The van der Waals surface area contributed by atoms with Gasteiger partial charge in [0.15, 0.2) is 5.69 Å². The van der Waals surface area contributed by atoms with Crippen molar-refractivity contribution in [3.05, 3.63) is 72.3 Å². The van der Waals surface area contributed by atoms with Crippen molar-refractivity contribution < 1.29 is 4.79 Å². The summed E-state index contributed by atoms with van der Waals surface area (Å²) in [5.41, 5.74) is 3.10. The van der Waals surface area contributed by atoms with Crippen LogP contribution in [0.5, 0.6) is 0 Å². The van der Waals surface area contributed by atoms with E-state index in [9.17, 15) is 4.79 Å². The first-order valence-electron chi connectivity index (χ1n) is 7.05. The van der Waals surface area contributed by atoms with Crippen LogP contribution in [0.15, 0.2) is 61.1 Å². The molecule has 0 aliphatic heterocycles. The highest BCUT2D eigenvalue weighted by Crippen LogP contribution is 2.21. The van der Waals surface area contributed by atoms with E-state index in [1.165, 1.54) is 0 Å². The maximum atomic E-state index is 12.5. The summed E-state index contributed by atoms with van der Waals surface area (Å²) in [5, 5.41) is 9.81. The van der Waals surface area contributed by atoms with E-state index >= 15 is 0 Å². The minimum Gasteiger partial charge on any atom is -0.344 e. The Bertz CT molecular complexity index is 753. The summed E-state index contributed by atoms with van der Waals surface area (Å²) in [6, 6.07) is 13.4. The second-order valence-corrected chi connectivity index (χ2v) is 4.99. The third-order valence-electron chi connectivity index (χ3n) is 3.49. The predicted molar refractivity (Wildman–Crippen MR) is 84.1 cm³/mol. The molecule has 3 aromatic rings. The highest BCUT2D eigenvalue weighted by molar-refractivity contribution is 5.99. The Labute approximate surface area is 128 Å². The van der Waals surface area contributed by atoms with Crippen molar-refractivity contribution in [3.8, 4) is 11.1 Å². The molecule has 0 spiro atoms. The zero-order valence-corrected chi connectivity index (χ0v) is 12.2. The van der Waals surface area contributed by atoms with Gasteiger partial charge in [-0.05, 0) is 30.2 Å². The van der Waals surface area contributed by atoms with Gasteiger partial charge in [0.25, 0.3) is 5.91 Å². The van der Waals surface area contributed by atoms with Gasteiger partial charge in [0, 0.05) is 24.2 Å². The number of carbonyl (C=O) groups is 1. The second-order valence-electron chi connectivity index (χ2n) is 4.99. The normalized spacial score (nSPS) is 11.9. The molecule has 110 valence electrons. The Morgan fingerprint density at radius 2 is 1.86 bits per heavy atom. The van der Waals surface area contributed by atoms with E-state index in [1.807, 2.05) is 49.4 Å². The van der Waals surface area contributed by atoms with E-state index in [-0.39, 0.29) is 11.9 Å². The molecule has 0 saturated carbocycles. The minimum atomic E-state index is -0.204. The summed E-state index contributed by atoms with van der Waals surface area (Å²) >= 11 is 0. The van der Waals surface area contributed by atoms with Gasteiger partial charge in [-0.2, -0.15) is 5.10 Å². The molecular weight excluding hydrogens is 276 g/mol. The van der Waals surface area contributed by atoms with Crippen molar-refractivity contribution in [1.82, 2.24) is 20.5 Å². The van der Waals surface area contributed by atoms with Crippen LogP contribution in [0, 0.1) is 0 Å². The second kappa shape index (κ2) is 6.22. The molecular formula is C17H16N4O. The van der Waals surface area contributed by atoms with Crippen molar-refractivity contribution in [3.63, 3.8) is 0 Å². The molecule has 0 radical (unpaired) electrons. The highest BCUT2D eigenvalue weighted by atomic mass is 16.2. The number of amides is 1.